The lowest BCUT2D eigenvalue weighted by Gasteiger charge is -2.28. The summed E-state index contributed by atoms with van der Waals surface area (Å²) < 4.78 is 0. The first kappa shape index (κ1) is 14.4. The number of hydrogen-bond acceptors (Lipinski definition) is 2. The molecule has 1 fully saturated rings. The van der Waals surface area contributed by atoms with Crippen molar-refractivity contribution in [2.75, 3.05) is 6.54 Å². The van der Waals surface area contributed by atoms with E-state index in [2.05, 4.69) is 5.32 Å². The average Bonchev–Trinajstić information content (AvgIpc) is 2.86. The van der Waals surface area contributed by atoms with Gasteiger partial charge in [-0.15, -0.1) is 0 Å². The predicted molar refractivity (Wildman–Crippen MR) is 76.3 cm³/mol. The fourth-order valence-electron chi connectivity index (χ4n) is 2.82. The van der Waals surface area contributed by atoms with Crippen LogP contribution in [0.4, 0.5) is 0 Å². The van der Waals surface area contributed by atoms with E-state index in [1.54, 1.807) is 6.92 Å². The van der Waals surface area contributed by atoms with E-state index in [9.17, 15) is 9.90 Å². The Kier molecular flexibility index (Phi) is 4.48. The third-order valence-electron chi connectivity index (χ3n) is 3.83. The van der Waals surface area contributed by atoms with E-state index in [4.69, 9.17) is 11.6 Å². The summed E-state index contributed by atoms with van der Waals surface area (Å²) in [7, 11) is 0. The van der Waals surface area contributed by atoms with Gasteiger partial charge in [-0.2, -0.15) is 0 Å². The number of aliphatic hydroxyl groups is 1. The van der Waals surface area contributed by atoms with Gasteiger partial charge in [-0.3, -0.25) is 4.79 Å². The summed E-state index contributed by atoms with van der Waals surface area (Å²) in [5, 5.41) is 12.8. The van der Waals surface area contributed by atoms with Crippen LogP contribution in [0.25, 0.3) is 0 Å². The third kappa shape index (κ3) is 3.10. The van der Waals surface area contributed by atoms with Crippen molar-refractivity contribution in [3.63, 3.8) is 0 Å². The number of hydrogen-bond donors (Lipinski definition) is 2. The van der Waals surface area contributed by atoms with Crippen LogP contribution in [0, 0.1) is 0 Å². The van der Waals surface area contributed by atoms with E-state index in [-0.39, 0.29) is 5.91 Å². The van der Waals surface area contributed by atoms with Gasteiger partial charge in [-0.1, -0.05) is 36.6 Å². The van der Waals surface area contributed by atoms with Crippen molar-refractivity contribution < 1.29 is 9.90 Å². The summed E-state index contributed by atoms with van der Waals surface area (Å²) in [4.78, 5) is 12.5. The molecule has 0 bridgehead atoms. The number of benzene rings is 1. The van der Waals surface area contributed by atoms with Crippen LogP contribution in [0.5, 0.6) is 0 Å². The molecule has 2 rings (SSSR count). The van der Waals surface area contributed by atoms with Crippen molar-refractivity contribution in [3.05, 3.63) is 34.9 Å². The van der Waals surface area contributed by atoms with Gasteiger partial charge in [0, 0.05) is 11.6 Å². The highest BCUT2D eigenvalue weighted by atomic mass is 35.5. The van der Waals surface area contributed by atoms with Crippen molar-refractivity contribution >= 4 is 17.5 Å². The molecule has 0 heterocycles. The summed E-state index contributed by atoms with van der Waals surface area (Å²) in [5.74, 6) is 0.00756. The number of nitrogens with one attached hydrogen (secondary N) is 1. The average molecular weight is 282 g/mol. The maximum Gasteiger partial charge on any atom is 0.230 e. The van der Waals surface area contributed by atoms with Gasteiger partial charge in [0.2, 0.25) is 5.91 Å². The molecule has 1 aliphatic rings. The van der Waals surface area contributed by atoms with Crippen LogP contribution in [0.3, 0.4) is 0 Å². The number of halogens is 1. The smallest absolute Gasteiger partial charge is 0.230 e. The Morgan fingerprint density at radius 3 is 2.74 bits per heavy atom. The van der Waals surface area contributed by atoms with E-state index in [1.807, 2.05) is 24.3 Å². The molecule has 0 aliphatic heterocycles. The molecule has 0 radical (unpaired) electrons. The summed E-state index contributed by atoms with van der Waals surface area (Å²) in [6.45, 7) is 1.96. The Balaban J connectivity index is 2.25. The van der Waals surface area contributed by atoms with Crippen molar-refractivity contribution in [3.8, 4) is 0 Å². The highest BCUT2D eigenvalue weighted by Crippen LogP contribution is 2.41. The summed E-state index contributed by atoms with van der Waals surface area (Å²) in [6, 6.07) is 7.56. The van der Waals surface area contributed by atoms with Gasteiger partial charge in [0.25, 0.3) is 0 Å². The molecule has 0 spiro atoms. The van der Waals surface area contributed by atoms with Gasteiger partial charge in [-0.25, -0.2) is 0 Å². The van der Waals surface area contributed by atoms with Crippen LogP contribution < -0.4 is 5.32 Å². The number of carbonyl (C=O) groups excluding carboxylic acids is 1. The van der Waals surface area contributed by atoms with E-state index >= 15 is 0 Å². The molecule has 104 valence electrons. The number of carbonyl (C=O) groups is 1. The molecular formula is C15H20ClNO2. The van der Waals surface area contributed by atoms with Crippen LogP contribution in [0.15, 0.2) is 24.3 Å². The molecule has 1 aromatic carbocycles. The zero-order chi connectivity index (χ0) is 13.9. The SMILES string of the molecule is CC(O)CNC(=O)C1(c2cccc(Cl)c2)CCCC1. The standard InChI is InChI=1S/C15H20ClNO2/c1-11(18)10-17-14(19)15(7-2-3-8-15)12-5-4-6-13(16)9-12/h4-6,9,11,18H,2-3,7-8,10H2,1H3,(H,17,19). The molecule has 1 aromatic rings. The second-order valence-electron chi connectivity index (χ2n) is 5.36. The fourth-order valence-corrected chi connectivity index (χ4v) is 3.01. The first-order valence-corrected chi connectivity index (χ1v) is 7.15. The minimum absolute atomic E-state index is 0.00756. The third-order valence-corrected chi connectivity index (χ3v) is 4.06. The topological polar surface area (TPSA) is 49.3 Å². The molecule has 1 amide bonds. The number of rotatable bonds is 4. The molecule has 1 saturated carbocycles. The fraction of sp³-hybridized carbons (Fsp3) is 0.533. The highest BCUT2D eigenvalue weighted by Gasteiger charge is 2.42. The Labute approximate surface area is 119 Å². The van der Waals surface area contributed by atoms with Crippen LogP contribution in [0.2, 0.25) is 5.02 Å². The van der Waals surface area contributed by atoms with E-state index in [0.717, 1.165) is 31.2 Å². The van der Waals surface area contributed by atoms with E-state index in [1.165, 1.54) is 0 Å². The van der Waals surface area contributed by atoms with Gasteiger partial charge in [0.05, 0.1) is 11.5 Å². The van der Waals surface area contributed by atoms with E-state index in [0.29, 0.717) is 11.6 Å². The van der Waals surface area contributed by atoms with Crippen LogP contribution in [0.1, 0.15) is 38.2 Å². The van der Waals surface area contributed by atoms with Gasteiger partial charge in [0.15, 0.2) is 0 Å². The molecule has 19 heavy (non-hydrogen) atoms. The Morgan fingerprint density at radius 2 is 2.16 bits per heavy atom. The zero-order valence-electron chi connectivity index (χ0n) is 11.2. The second kappa shape index (κ2) is 5.93. The summed E-state index contributed by atoms with van der Waals surface area (Å²) >= 11 is 6.05. The molecule has 2 N–H and O–H groups in total. The molecule has 4 heteroatoms. The van der Waals surface area contributed by atoms with Gasteiger partial charge in [-0.05, 0) is 37.5 Å². The molecule has 1 unspecified atom stereocenters. The van der Waals surface area contributed by atoms with Gasteiger partial charge < -0.3 is 10.4 Å². The zero-order valence-corrected chi connectivity index (χ0v) is 11.9. The van der Waals surface area contributed by atoms with Crippen LogP contribution >= 0.6 is 11.6 Å². The predicted octanol–water partition coefficient (Wildman–Crippen LogP) is 2.65. The van der Waals surface area contributed by atoms with Crippen LogP contribution in [-0.2, 0) is 10.2 Å². The summed E-state index contributed by atoms with van der Waals surface area (Å²) in [5.41, 5.74) is 0.514. The molecule has 0 saturated heterocycles. The normalized spacial score (nSPS) is 19.1. The minimum Gasteiger partial charge on any atom is -0.392 e. The molecule has 3 nitrogen and oxygen atoms in total. The highest BCUT2D eigenvalue weighted by molar-refractivity contribution is 6.30. The number of amides is 1. The maximum absolute atomic E-state index is 12.5. The number of aliphatic hydroxyl groups excluding tert-OH is 1. The first-order chi connectivity index (χ1) is 9.04. The van der Waals surface area contributed by atoms with Gasteiger partial charge in [0.1, 0.15) is 0 Å². The Bertz CT molecular complexity index is 453. The van der Waals surface area contributed by atoms with Gasteiger partial charge >= 0.3 is 0 Å². The largest absolute Gasteiger partial charge is 0.392 e. The lowest BCUT2D eigenvalue weighted by Crippen LogP contribution is -2.44. The lowest BCUT2D eigenvalue weighted by atomic mass is 9.78. The monoisotopic (exact) mass is 281 g/mol. The maximum atomic E-state index is 12.5. The molecule has 1 aliphatic carbocycles. The Morgan fingerprint density at radius 1 is 1.47 bits per heavy atom. The summed E-state index contributed by atoms with van der Waals surface area (Å²) in [6.07, 6.45) is 3.27. The lowest BCUT2D eigenvalue weighted by molar-refractivity contribution is -0.127. The van der Waals surface area contributed by atoms with Crippen molar-refractivity contribution in [1.29, 1.82) is 0 Å². The van der Waals surface area contributed by atoms with Crippen molar-refractivity contribution in [2.24, 2.45) is 0 Å². The first-order valence-electron chi connectivity index (χ1n) is 6.77. The second-order valence-corrected chi connectivity index (χ2v) is 5.80. The van der Waals surface area contributed by atoms with Crippen molar-refractivity contribution in [2.45, 2.75) is 44.1 Å². The molecule has 1 atom stereocenters. The van der Waals surface area contributed by atoms with E-state index < -0.39 is 11.5 Å². The minimum atomic E-state index is -0.526. The van der Waals surface area contributed by atoms with Crippen LogP contribution in [-0.4, -0.2) is 23.7 Å². The Hall–Kier alpha value is -1.06. The quantitative estimate of drug-likeness (QED) is 0.891. The van der Waals surface area contributed by atoms with Crippen molar-refractivity contribution in [1.82, 2.24) is 5.32 Å². The molecule has 0 aromatic heterocycles. The molecular weight excluding hydrogens is 262 g/mol.